The molecule has 0 spiro atoms. The molecule has 1 heterocycles. The third-order valence-corrected chi connectivity index (χ3v) is 1.42. The van der Waals surface area contributed by atoms with E-state index in [1.165, 1.54) is 6.26 Å². The molecule has 10 heavy (non-hydrogen) atoms. The first-order valence-corrected chi connectivity index (χ1v) is 3.31. The van der Waals surface area contributed by atoms with E-state index in [-0.39, 0.29) is 5.84 Å². The van der Waals surface area contributed by atoms with Crippen LogP contribution >= 0.6 is 15.9 Å². The average Bonchev–Trinajstić information content (AvgIpc) is 2.34. The Morgan fingerprint density at radius 2 is 2.40 bits per heavy atom. The van der Waals surface area contributed by atoms with Crippen LogP contribution in [0.1, 0.15) is 5.56 Å². The van der Waals surface area contributed by atoms with E-state index < -0.39 is 0 Å². The van der Waals surface area contributed by atoms with Crippen LogP contribution < -0.4 is 11.6 Å². The molecule has 0 aliphatic rings. The van der Waals surface area contributed by atoms with Crippen molar-refractivity contribution in [1.29, 1.82) is 0 Å². The second kappa shape index (κ2) is 2.74. The third kappa shape index (κ3) is 1.30. The van der Waals surface area contributed by atoms with Gasteiger partial charge in [0.05, 0.1) is 5.56 Å². The summed E-state index contributed by atoms with van der Waals surface area (Å²) in [6.07, 6.45) is 1.47. The lowest BCUT2D eigenvalue weighted by molar-refractivity contribution is 0.541. The van der Waals surface area contributed by atoms with Crippen LogP contribution in [-0.2, 0) is 0 Å². The number of furan rings is 1. The van der Waals surface area contributed by atoms with Crippen molar-refractivity contribution < 1.29 is 4.42 Å². The molecule has 0 saturated carbocycles. The summed E-state index contributed by atoms with van der Waals surface area (Å²) in [6, 6.07) is 1.69. The van der Waals surface area contributed by atoms with Gasteiger partial charge in [-0.3, -0.25) is 0 Å². The topological polar surface area (TPSA) is 77.5 Å². The highest BCUT2D eigenvalue weighted by Crippen LogP contribution is 2.13. The minimum atomic E-state index is 0.259. The molecular weight excluding hydrogens is 198 g/mol. The van der Waals surface area contributed by atoms with Crippen molar-refractivity contribution in [2.24, 2.45) is 16.7 Å². The van der Waals surface area contributed by atoms with Crippen molar-refractivity contribution in [3.63, 3.8) is 0 Å². The minimum Gasteiger partial charge on any atom is -0.457 e. The van der Waals surface area contributed by atoms with Crippen LogP contribution in [-0.4, -0.2) is 5.84 Å². The molecule has 0 aliphatic carbocycles. The van der Waals surface area contributed by atoms with E-state index in [2.05, 4.69) is 21.0 Å². The number of halogens is 1. The van der Waals surface area contributed by atoms with Crippen molar-refractivity contribution in [2.45, 2.75) is 0 Å². The zero-order valence-corrected chi connectivity index (χ0v) is 6.63. The molecule has 0 saturated heterocycles. The molecule has 0 radical (unpaired) electrons. The average molecular weight is 204 g/mol. The van der Waals surface area contributed by atoms with Crippen LogP contribution in [0.4, 0.5) is 0 Å². The Bertz CT molecular complexity index is 255. The lowest BCUT2D eigenvalue weighted by atomic mass is 10.3. The Balaban J connectivity index is 2.95. The van der Waals surface area contributed by atoms with Gasteiger partial charge in [0.15, 0.2) is 10.5 Å². The Kier molecular flexibility index (Phi) is 1.96. The maximum atomic E-state index is 5.35. The number of hydrogen-bond acceptors (Lipinski definition) is 3. The molecule has 54 valence electrons. The molecule has 0 amide bonds. The number of hydrogen-bond donors (Lipinski definition) is 2. The molecule has 4 nitrogen and oxygen atoms in total. The fourth-order valence-electron chi connectivity index (χ4n) is 0.519. The van der Waals surface area contributed by atoms with Crippen LogP contribution in [0.2, 0.25) is 0 Å². The van der Waals surface area contributed by atoms with Crippen molar-refractivity contribution in [2.75, 3.05) is 0 Å². The van der Waals surface area contributed by atoms with Crippen LogP contribution in [0.3, 0.4) is 0 Å². The van der Waals surface area contributed by atoms with Crippen LogP contribution in [0.5, 0.6) is 0 Å². The van der Waals surface area contributed by atoms with Crippen LogP contribution in [0, 0.1) is 0 Å². The molecule has 4 N–H and O–H groups in total. The minimum absolute atomic E-state index is 0.259. The summed E-state index contributed by atoms with van der Waals surface area (Å²) >= 11 is 3.11. The fourth-order valence-corrected chi connectivity index (χ4v) is 0.859. The number of hydrazone groups is 1. The molecule has 0 unspecified atom stereocenters. The maximum Gasteiger partial charge on any atom is 0.169 e. The Labute approximate surface area is 66.0 Å². The van der Waals surface area contributed by atoms with Crippen LogP contribution in [0.25, 0.3) is 0 Å². The first-order valence-electron chi connectivity index (χ1n) is 2.52. The van der Waals surface area contributed by atoms with Crippen molar-refractivity contribution in [3.8, 4) is 0 Å². The zero-order valence-electron chi connectivity index (χ0n) is 5.04. The van der Waals surface area contributed by atoms with Gasteiger partial charge in [0.25, 0.3) is 0 Å². The van der Waals surface area contributed by atoms with E-state index in [4.69, 9.17) is 16.0 Å². The predicted octanol–water partition coefficient (Wildman–Crippen LogP) is 0.621. The maximum absolute atomic E-state index is 5.35. The number of nitrogens with two attached hydrogens (primary N) is 2. The van der Waals surface area contributed by atoms with Gasteiger partial charge < -0.3 is 16.0 Å². The lowest BCUT2D eigenvalue weighted by Crippen LogP contribution is -2.14. The third-order valence-electron chi connectivity index (χ3n) is 1.00. The quantitative estimate of drug-likeness (QED) is 0.304. The molecule has 5 heteroatoms. The summed E-state index contributed by atoms with van der Waals surface area (Å²) in [6.45, 7) is 0. The molecule has 1 aromatic rings. The first-order chi connectivity index (χ1) is 4.74. The standard InChI is InChI=1S/C5H6BrN3O/c6-4-1-3(2-10-4)5(7)9-8/h1-2H,8H2,(H2,7,9). The van der Waals surface area contributed by atoms with E-state index in [1.807, 2.05) is 0 Å². The molecule has 0 aliphatic heterocycles. The van der Waals surface area contributed by atoms with Gasteiger partial charge in [-0.15, -0.1) is 0 Å². The van der Waals surface area contributed by atoms with Crippen LogP contribution in [0.15, 0.2) is 26.5 Å². The molecule has 0 bridgehead atoms. The summed E-state index contributed by atoms with van der Waals surface area (Å²) in [4.78, 5) is 0. The number of nitrogens with zero attached hydrogens (tertiary/aromatic N) is 1. The van der Waals surface area contributed by atoms with Crippen molar-refractivity contribution in [1.82, 2.24) is 0 Å². The normalized spacial score (nSPS) is 11.9. The van der Waals surface area contributed by atoms with Gasteiger partial charge in [-0.05, 0) is 15.9 Å². The monoisotopic (exact) mass is 203 g/mol. The molecule has 0 aromatic carbocycles. The van der Waals surface area contributed by atoms with Gasteiger partial charge in [0.1, 0.15) is 6.26 Å². The summed E-state index contributed by atoms with van der Waals surface area (Å²) in [5, 5.41) is 3.29. The fraction of sp³-hybridized carbons (Fsp3) is 0. The number of amidine groups is 1. The Morgan fingerprint density at radius 1 is 1.70 bits per heavy atom. The Hall–Kier alpha value is -0.970. The molecule has 0 atom stereocenters. The van der Waals surface area contributed by atoms with E-state index in [9.17, 15) is 0 Å². The number of rotatable bonds is 1. The smallest absolute Gasteiger partial charge is 0.169 e. The van der Waals surface area contributed by atoms with E-state index in [1.54, 1.807) is 6.07 Å². The van der Waals surface area contributed by atoms with Gasteiger partial charge in [-0.25, -0.2) is 0 Å². The van der Waals surface area contributed by atoms with E-state index in [0.717, 1.165) is 0 Å². The molecule has 1 aromatic heterocycles. The lowest BCUT2D eigenvalue weighted by Gasteiger charge is -1.88. The highest BCUT2D eigenvalue weighted by molar-refractivity contribution is 9.10. The second-order valence-corrected chi connectivity index (χ2v) is 2.44. The van der Waals surface area contributed by atoms with Crippen molar-refractivity contribution in [3.05, 3.63) is 22.6 Å². The summed E-state index contributed by atoms with van der Waals surface area (Å²) in [5.74, 6) is 5.18. The SMILES string of the molecule is N/N=C(\N)c1coc(Br)c1. The highest BCUT2D eigenvalue weighted by atomic mass is 79.9. The summed E-state index contributed by atoms with van der Waals surface area (Å²) in [5.41, 5.74) is 6.03. The van der Waals surface area contributed by atoms with Gasteiger partial charge in [0.2, 0.25) is 0 Å². The summed E-state index contributed by atoms with van der Waals surface area (Å²) in [7, 11) is 0. The largest absolute Gasteiger partial charge is 0.457 e. The first kappa shape index (κ1) is 7.14. The van der Waals surface area contributed by atoms with Crippen molar-refractivity contribution >= 4 is 21.8 Å². The molecular formula is C5H6BrN3O. The zero-order chi connectivity index (χ0) is 7.56. The van der Waals surface area contributed by atoms with Gasteiger partial charge in [0, 0.05) is 6.07 Å². The van der Waals surface area contributed by atoms with Gasteiger partial charge >= 0.3 is 0 Å². The molecule has 0 fully saturated rings. The summed E-state index contributed by atoms with van der Waals surface area (Å²) < 4.78 is 5.49. The molecule has 1 rings (SSSR count). The van der Waals surface area contributed by atoms with Gasteiger partial charge in [-0.1, -0.05) is 0 Å². The van der Waals surface area contributed by atoms with Gasteiger partial charge in [-0.2, -0.15) is 5.10 Å². The van der Waals surface area contributed by atoms with E-state index >= 15 is 0 Å². The Morgan fingerprint density at radius 3 is 2.80 bits per heavy atom. The predicted molar refractivity (Wildman–Crippen MR) is 41.3 cm³/mol. The second-order valence-electron chi connectivity index (χ2n) is 1.65. The highest BCUT2D eigenvalue weighted by Gasteiger charge is 2.01. The van der Waals surface area contributed by atoms with E-state index in [0.29, 0.717) is 10.2 Å².